The van der Waals surface area contributed by atoms with Crippen LogP contribution >= 0.6 is 0 Å². The Balaban J connectivity index is 2.31. The van der Waals surface area contributed by atoms with E-state index < -0.39 is 5.97 Å². The maximum atomic E-state index is 11.7. The molecule has 0 aliphatic heterocycles. The molecule has 0 spiro atoms. The van der Waals surface area contributed by atoms with Gasteiger partial charge in [0, 0.05) is 12.1 Å². The van der Waals surface area contributed by atoms with Gasteiger partial charge in [-0.05, 0) is 44.0 Å². The van der Waals surface area contributed by atoms with E-state index >= 15 is 0 Å². The SMILES string of the molecule is Cc1cccc(NC(=O)CNCCCC(=O)O)c1C. The van der Waals surface area contributed by atoms with Gasteiger partial charge in [-0.2, -0.15) is 0 Å². The highest BCUT2D eigenvalue weighted by molar-refractivity contribution is 5.93. The van der Waals surface area contributed by atoms with Crippen LogP contribution in [0.4, 0.5) is 5.69 Å². The lowest BCUT2D eigenvalue weighted by molar-refractivity contribution is -0.137. The Bertz CT molecular complexity index is 458. The van der Waals surface area contributed by atoms with Gasteiger partial charge in [-0.1, -0.05) is 12.1 Å². The summed E-state index contributed by atoms with van der Waals surface area (Å²) in [7, 11) is 0. The highest BCUT2D eigenvalue weighted by Gasteiger charge is 2.05. The number of anilines is 1. The second-order valence-corrected chi connectivity index (χ2v) is 4.47. The van der Waals surface area contributed by atoms with E-state index in [1.54, 1.807) is 0 Å². The molecule has 0 aliphatic carbocycles. The van der Waals surface area contributed by atoms with Gasteiger partial charge < -0.3 is 15.7 Å². The molecule has 0 fully saturated rings. The Morgan fingerprint density at radius 3 is 2.68 bits per heavy atom. The molecule has 0 saturated carbocycles. The molecule has 1 aromatic carbocycles. The fourth-order valence-corrected chi connectivity index (χ4v) is 1.65. The first-order valence-electron chi connectivity index (χ1n) is 6.29. The molecule has 3 N–H and O–H groups in total. The molecule has 0 heterocycles. The predicted molar refractivity (Wildman–Crippen MR) is 74.3 cm³/mol. The van der Waals surface area contributed by atoms with Gasteiger partial charge in [-0.3, -0.25) is 9.59 Å². The molecular formula is C14H20N2O3. The van der Waals surface area contributed by atoms with Crippen LogP contribution in [0.25, 0.3) is 0 Å². The summed E-state index contributed by atoms with van der Waals surface area (Å²) < 4.78 is 0. The molecule has 0 saturated heterocycles. The maximum absolute atomic E-state index is 11.7. The van der Waals surface area contributed by atoms with Crippen molar-refractivity contribution in [3.8, 4) is 0 Å². The lowest BCUT2D eigenvalue weighted by Gasteiger charge is -2.10. The fourth-order valence-electron chi connectivity index (χ4n) is 1.65. The highest BCUT2D eigenvalue weighted by Crippen LogP contribution is 2.17. The second-order valence-electron chi connectivity index (χ2n) is 4.47. The second kappa shape index (κ2) is 7.53. The average Bonchev–Trinajstić information content (AvgIpc) is 2.34. The van der Waals surface area contributed by atoms with Crippen LogP contribution in [0.1, 0.15) is 24.0 Å². The zero-order valence-corrected chi connectivity index (χ0v) is 11.3. The van der Waals surface area contributed by atoms with Crippen molar-refractivity contribution >= 4 is 17.6 Å². The summed E-state index contributed by atoms with van der Waals surface area (Å²) in [4.78, 5) is 22.0. The van der Waals surface area contributed by atoms with Crippen LogP contribution in [0, 0.1) is 13.8 Å². The minimum absolute atomic E-state index is 0.117. The van der Waals surface area contributed by atoms with Crippen LogP contribution in [0.2, 0.25) is 0 Å². The van der Waals surface area contributed by atoms with E-state index in [2.05, 4.69) is 10.6 Å². The Hall–Kier alpha value is -1.88. The number of nitrogens with one attached hydrogen (secondary N) is 2. The maximum Gasteiger partial charge on any atom is 0.303 e. The molecular weight excluding hydrogens is 244 g/mol. The molecule has 0 radical (unpaired) electrons. The van der Waals surface area contributed by atoms with E-state index in [0.717, 1.165) is 16.8 Å². The molecule has 1 amide bonds. The summed E-state index contributed by atoms with van der Waals surface area (Å²) in [6.45, 7) is 4.67. The third kappa shape index (κ3) is 5.52. The minimum atomic E-state index is -0.818. The van der Waals surface area contributed by atoms with Crippen LogP contribution in [-0.4, -0.2) is 30.1 Å². The van der Waals surface area contributed by atoms with Gasteiger partial charge in [0.05, 0.1) is 6.54 Å². The van der Waals surface area contributed by atoms with E-state index in [-0.39, 0.29) is 18.9 Å². The van der Waals surface area contributed by atoms with Gasteiger partial charge in [0.2, 0.25) is 5.91 Å². The zero-order valence-electron chi connectivity index (χ0n) is 11.3. The number of carboxylic acids is 1. The van der Waals surface area contributed by atoms with Crippen molar-refractivity contribution in [2.75, 3.05) is 18.4 Å². The van der Waals surface area contributed by atoms with Crippen molar-refractivity contribution < 1.29 is 14.7 Å². The van der Waals surface area contributed by atoms with Crippen LogP contribution in [0.3, 0.4) is 0 Å². The summed E-state index contributed by atoms with van der Waals surface area (Å²) in [5, 5.41) is 14.2. The summed E-state index contributed by atoms with van der Waals surface area (Å²) in [6.07, 6.45) is 0.637. The lowest BCUT2D eigenvalue weighted by atomic mass is 10.1. The van der Waals surface area contributed by atoms with Crippen molar-refractivity contribution in [2.45, 2.75) is 26.7 Å². The summed E-state index contributed by atoms with van der Waals surface area (Å²) in [6, 6.07) is 5.76. The van der Waals surface area contributed by atoms with Gasteiger partial charge in [0.1, 0.15) is 0 Å². The first-order chi connectivity index (χ1) is 9.00. The number of carbonyl (C=O) groups excluding carboxylic acids is 1. The Morgan fingerprint density at radius 1 is 1.26 bits per heavy atom. The molecule has 0 atom stereocenters. The standard InChI is InChI=1S/C14H20N2O3/c1-10-5-3-6-12(11(10)2)16-13(17)9-15-8-4-7-14(18)19/h3,5-6,15H,4,7-9H2,1-2H3,(H,16,17)(H,18,19). The average molecular weight is 264 g/mol. The normalized spacial score (nSPS) is 10.2. The van der Waals surface area contributed by atoms with E-state index in [4.69, 9.17) is 5.11 Å². The molecule has 19 heavy (non-hydrogen) atoms. The number of rotatable bonds is 7. The van der Waals surface area contributed by atoms with Crippen LogP contribution < -0.4 is 10.6 Å². The monoisotopic (exact) mass is 264 g/mol. The third-order valence-corrected chi connectivity index (χ3v) is 2.91. The fraction of sp³-hybridized carbons (Fsp3) is 0.429. The first kappa shape index (κ1) is 15.2. The highest BCUT2D eigenvalue weighted by atomic mass is 16.4. The van der Waals surface area contributed by atoms with Gasteiger partial charge in [-0.25, -0.2) is 0 Å². The molecule has 5 nitrogen and oxygen atoms in total. The molecule has 104 valence electrons. The number of hydrogen-bond acceptors (Lipinski definition) is 3. The van der Waals surface area contributed by atoms with Gasteiger partial charge in [0.25, 0.3) is 0 Å². The zero-order chi connectivity index (χ0) is 14.3. The summed E-state index contributed by atoms with van der Waals surface area (Å²) in [5.74, 6) is -0.939. The quantitative estimate of drug-likeness (QED) is 0.655. The number of carbonyl (C=O) groups is 2. The van der Waals surface area contributed by atoms with Gasteiger partial charge in [-0.15, -0.1) is 0 Å². The number of amides is 1. The molecule has 0 aliphatic rings. The minimum Gasteiger partial charge on any atom is -0.481 e. The van der Waals surface area contributed by atoms with Gasteiger partial charge in [0.15, 0.2) is 0 Å². The smallest absolute Gasteiger partial charge is 0.303 e. The van der Waals surface area contributed by atoms with Crippen molar-refractivity contribution in [3.05, 3.63) is 29.3 Å². The van der Waals surface area contributed by atoms with E-state index in [9.17, 15) is 9.59 Å². The van der Waals surface area contributed by atoms with E-state index in [1.807, 2.05) is 32.0 Å². The van der Waals surface area contributed by atoms with Crippen molar-refractivity contribution in [1.29, 1.82) is 0 Å². The Morgan fingerprint density at radius 2 is 2.00 bits per heavy atom. The number of carboxylic acid groups (broad SMARTS) is 1. The molecule has 0 unspecified atom stereocenters. The molecule has 0 bridgehead atoms. The first-order valence-corrected chi connectivity index (χ1v) is 6.29. The number of aliphatic carboxylic acids is 1. The Labute approximate surface area is 113 Å². The predicted octanol–water partition coefficient (Wildman–Crippen LogP) is 1.70. The largest absolute Gasteiger partial charge is 0.481 e. The molecule has 5 heteroatoms. The van der Waals surface area contributed by atoms with Crippen molar-refractivity contribution in [2.24, 2.45) is 0 Å². The van der Waals surface area contributed by atoms with E-state index in [1.165, 1.54) is 0 Å². The lowest BCUT2D eigenvalue weighted by Crippen LogP contribution is -2.29. The Kier molecular flexibility index (Phi) is 6.02. The third-order valence-electron chi connectivity index (χ3n) is 2.91. The van der Waals surface area contributed by atoms with Crippen LogP contribution in [-0.2, 0) is 9.59 Å². The van der Waals surface area contributed by atoms with Crippen molar-refractivity contribution in [3.63, 3.8) is 0 Å². The van der Waals surface area contributed by atoms with Gasteiger partial charge >= 0.3 is 5.97 Å². The number of benzene rings is 1. The molecule has 1 aromatic rings. The summed E-state index contributed by atoms with van der Waals surface area (Å²) in [5.41, 5.74) is 3.01. The van der Waals surface area contributed by atoms with Crippen LogP contribution in [0.15, 0.2) is 18.2 Å². The topological polar surface area (TPSA) is 78.4 Å². The van der Waals surface area contributed by atoms with Crippen molar-refractivity contribution in [1.82, 2.24) is 5.32 Å². The number of hydrogen-bond donors (Lipinski definition) is 3. The summed E-state index contributed by atoms with van der Waals surface area (Å²) >= 11 is 0. The molecule has 0 aromatic heterocycles. The van der Waals surface area contributed by atoms with Crippen LogP contribution in [0.5, 0.6) is 0 Å². The van der Waals surface area contributed by atoms with E-state index in [0.29, 0.717) is 13.0 Å². The molecule has 1 rings (SSSR count). The number of aryl methyl sites for hydroxylation is 1.